The first-order valence-corrected chi connectivity index (χ1v) is 7.83. The Morgan fingerprint density at radius 3 is 2.82 bits per heavy atom. The van der Waals surface area contributed by atoms with Gasteiger partial charge in [-0.05, 0) is 25.7 Å². The van der Waals surface area contributed by atoms with E-state index >= 15 is 0 Å². The Labute approximate surface area is 130 Å². The molecule has 0 saturated carbocycles. The molecule has 0 aliphatic carbocycles. The number of amides is 1. The summed E-state index contributed by atoms with van der Waals surface area (Å²) in [5.74, 6) is -2.11. The van der Waals surface area contributed by atoms with Crippen LogP contribution in [-0.2, 0) is 19.1 Å². The van der Waals surface area contributed by atoms with Crippen molar-refractivity contribution >= 4 is 17.8 Å². The third-order valence-electron chi connectivity index (χ3n) is 4.33. The van der Waals surface area contributed by atoms with Gasteiger partial charge in [0.25, 0.3) is 0 Å². The molecular weight excluding hydrogens is 286 g/mol. The molecule has 2 heterocycles. The van der Waals surface area contributed by atoms with Crippen LogP contribution < -0.4 is 0 Å². The van der Waals surface area contributed by atoms with Crippen LogP contribution in [0.5, 0.6) is 0 Å². The van der Waals surface area contributed by atoms with Crippen molar-refractivity contribution in [1.29, 1.82) is 0 Å². The van der Waals surface area contributed by atoms with Gasteiger partial charge in [-0.2, -0.15) is 0 Å². The first-order valence-electron chi connectivity index (χ1n) is 7.83. The fourth-order valence-corrected chi connectivity index (χ4v) is 2.99. The van der Waals surface area contributed by atoms with Crippen molar-refractivity contribution < 1.29 is 24.2 Å². The van der Waals surface area contributed by atoms with E-state index < -0.39 is 11.9 Å². The van der Waals surface area contributed by atoms with Gasteiger partial charge in [0.1, 0.15) is 6.61 Å². The lowest BCUT2D eigenvalue weighted by atomic mass is 9.97. The fraction of sp³-hybridized carbons (Fsp3) is 0.688. The third kappa shape index (κ3) is 4.08. The lowest BCUT2D eigenvalue weighted by molar-refractivity contribution is -0.152. The molecular formula is C16H23NO5. The van der Waals surface area contributed by atoms with Gasteiger partial charge in [-0.1, -0.05) is 19.1 Å². The molecule has 0 aromatic carbocycles. The maximum absolute atomic E-state index is 12.6. The van der Waals surface area contributed by atoms with Crippen LogP contribution in [0.25, 0.3) is 0 Å². The van der Waals surface area contributed by atoms with Crippen LogP contribution in [0.1, 0.15) is 39.0 Å². The highest BCUT2D eigenvalue weighted by molar-refractivity contribution is 5.84. The number of hydrogen-bond donors (Lipinski definition) is 1. The van der Waals surface area contributed by atoms with Crippen LogP contribution in [-0.4, -0.2) is 47.0 Å². The Kier molecular flexibility index (Phi) is 5.57. The van der Waals surface area contributed by atoms with E-state index in [4.69, 9.17) is 9.84 Å². The second-order valence-corrected chi connectivity index (χ2v) is 6.10. The summed E-state index contributed by atoms with van der Waals surface area (Å²) >= 11 is 0. The molecule has 0 aromatic rings. The summed E-state index contributed by atoms with van der Waals surface area (Å²) in [6.07, 6.45) is 6.07. The van der Waals surface area contributed by atoms with Crippen molar-refractivity contribution in [2.45, 2.75) is 45.1 Å². The lowest BCUT2D eigenvalue weighted by Gasteiger charge is -2.28. The number of allylic oxidation sites excluding steroid dienone is 2. The number of aliphatic carboxylic acids is 1. The highest BCUT2D eigenvalue weighted by Gasteiger charge is 2.34. The van der Waals surface area contributed by atoms with Crippen LogP contribution in [0.3, 0.4) is 0 Å². The van der Waals surface area contributed by atoms with Crippen LogP contribution in [0.2, 0.25) is 0 Å². The molecule has 6 heteroatoms. The maximum atomic E-state index is 12.6. The average molecular weight is 309 g/mol. The minimum absolute atomic E-state index is 0.122. The van der Waals surface area contributed by atoms with E-state index in [-0.39, 0.29) is 36.9 Å². The monoisotopic (exact) mass is 309 g/mol. The van der Waals surface area contributed by atoms with E-state index in [0.717, 1.165) is 12.8 Å². The Balaban J connectivity index is 2.18. The van der Waals surface area contributed by atoms with Gasteiger partial charge < -0.3 is 14.7 Å². The predicted molar refractivity (Wildman–Crippen MR) is 79.0 cm³/mol. The van der Waals surface area contributed by atoms with Gasteiger partial charge in [0.05, 0.1) is 24.3 Å². The summed E-state index contributed by atoms with van der Waals surface area (Å²) in [7, 11) is 0. The first kappa shape index (κ1) is 16.5. The first-order chi connectivity index (χ1) is 10.5. The minimum Gasteiger partial charge on any atom is -0.481 e. The van der Waals surface area contributed by atoms with E-state index in [1.54, 1.807) is 4.90 Å². The van der Waals surface area contributed by atoms with E-state index in [2.05, 4.69) is 0 Å². The number of carboxylic acids is 1. The lowest BCUT2D eigenvalue weighted by Crippen LogP contribution is -2.43. The van der Waals surface area contributed by atoms with Crippen molar-refractivity contribution in [1.82, 2.24) is 4.90 Å². The van der Waals surface area contributed by atoms with E-state index in [0.29, 0.717) is 19.4 Å². The number of carboxylic acid groups (broad SMARTS) is 1. The zero-order valence-corrected chi connectivity index (χ0v) is 12.9. The van der Waals surface area contributed by atoms with Gasteiger partial charge >= 0.3 is 11.9 Å². The van der Waals surface area contributed by atoms with Crippen LogP contribution in [0, 0.1) is 11.8 Å². The van der Waals surface area contributed by atoms with Crippen molar-refractivity contribution in [2.75, 3.05) is 13.2 Å². The van der Waals surface area contributed by atoms with Crippen LogP contribution in [0.15, 0.2) is 12.2 Å². The predicted octanol–water partition coefficient (Wildman–Crippen LogP) is 1.60. The SMILES string of the molecule is C[C@@H]1C/C=C/C[C@@H](CC(=O)O)C(=O)N2CCC[C@H]2COC1=O. The molecule has 22 heavy (non-hydrogen) atoms. The Hall–Kier alpha value is -1.85. The molecule has 1 fully saturated rings. The largest absolute Gasteiger partial charge is 0.481 e. The van der Waals surface area contributed by atoms with Gasteiger partial charge in [-0.3, -0.25) is 14.4 Å². The number of carbonyl (C=O) groups is 3. The highest BCUT2D eigenvalue weighted by Crippen LogP contribution is 2.24. The number of cyclic esters (lactones) is 1. The second-order valence-electron chi connectivity index (χ2n) is 6.10. The molecule has 1 saturated heterocycles. The van der Waals surface area contributed by atoms with E-state index in [9.17, 15) is 14.4 Å². The zero-order valence-electron chi connectivity index (χ0n) is 12.9. The van der Waals surface area contributed by atoms with Crippen molar-refractivity contribution in [3.05, 3.63) is 12.2 Å². The molecule has 6 nitrogen and oxygen atoms in total. The number of fused-ring (bicyclic) bond motifs is 1. The van der Waals surface area contributed by atoms with Gasteiger partial charge in [0, 0.05) is 6.54 Å². The Morgan fingerprint density at radius 2 is 2.09 bits per heavy atom. The Morgan fingerprint density at radius 1 is 1.36 bits per heavy atom. The van der Waals surface area contributed by atoms with E-state index in [1.165, 1.54) is 0 Å². The van der Waals surface area contributed by atoms with Crippen molar-refractivity contribution in [3.63, 3.8) is 0 Å². The summed E-state index contributed by atoms with van der Waals surface area (Å²) in [6, 6.07) is -0.122. The molecule has 2 rings (SSSR count). The normalized spacial score (nSPS) is 31.7. The zero-order chi connectivity index (χ0) is 16.1. The molecule has 2 aliphatic heterocycles. The second kappa shape index (κ2) is 7.42. The third-order valence-corrected chi connectivity index (χ3v) is 4.33. The van der Waals surface area contributed by atoms with Crippen LogP contribution in [0.4, 0.5) is 0 Å². The number of ether oxygens (including phenoxy) is 1. The number of hydrogen-bond acceptors (Lipinski definition) is 4. The minimum atomic E-state index is -0.964. The number of rotatable bonds is 2. The smallest absolute Gasteiger partial charge is 0.309 e. The van der Waals surface area contributed by atoms with Gasteiger partial charge in [-0.25, -0.2) is 0 Å². The molecule has 0 aromatic heterocycles. The standard InChI is InChI=1S/C16H23NO5/c1-11-5-2-3-6-12(9-14(18)19)15(20)17-8-4-7-13(17)10-22-16(11)21/h2-3,11-13H,4-10H2,1H3,(H,18,19)/b3-2+/t11-,12+,13+/m1/s1. The van der Waals surface area contributed by atoms with Crippen LogP contribution >= 0.6 is 0 Å². The molecule has 0 radical (unpaired) electrons. The Bertz CT molecular complexity index is 473. The molecule has 1 N–H and O–H groups in total. The summed E-state index contributed by atoms with van der Waals surface area (Å²) < 4.78 is 5.32. The summed E-state index contributed by atoms with van der Waals surface area (Å²) in [5.41, 5.74) is 0. The average Bonchev–Trinajstić information content (AvgIpc) is 2.93. The molecule has 1 amide bonds. The number of nitrogens with zero attached hydrogens (tertiary/aromatic N) is 1. The van der Waals surface area contributed by atoms with Gasteiger partial charge in [-0.15, -0.1) is 0 Å². The molecule has 0 spiro atoms. The van der Waals surface area contributed by atoms with Gasteiger partial charge in [0.15, 0.2) is 0 Å². The van der Waals surface area contributed by atoms with Gasteiger partial charge in [0.2, 0.25) is 5.91 Å². The maximum Gasteiger partial charge on any atom is 0.309 e. The number of carbonyl (C=O) groups excluding carboxylic acids is 2. The fourth-order valence-electron chi connectivity index (χ4n) is 2.99. The van der Waals surface area contributed by atoms with Crippen molar-refractivity contribution in [2.24, 2.45) is 11.8 Å². The summed E-state index contributed by atoms with van der Waals surface area (Å²) in [5, 5.41) is 9.03. The molecule has 0 unspecified atom stereocenters. The highest BCUT2D eigenvalue weighted by atomic mass is 16.5. The topological polar surface area (TPSA) is 83.9 Å². The molecule has 0 bridgehead atoms. The number of esters is 1. The molecule has 2 aliphatic rings. The molecule has 3 atom stereocenters. The van der Waals surface area contributed by atoms with Crippen molar-refractivity contribution in [3.8, 4) is 0 Å². The summed E-state index contributed by atoms with van der Waals surface area (Å²) in [4.78, 5) is 37.2. The quantitative estimate of drug-likeness (QED) is 0.618. The summed E-state index contributed by atoms with van der Waals surface area (Å²) in [6.45, 7) is 2.62. The van der Waals surface area contributed by atoms with E-state index in [1.807, 2.05) is 19.1 Å². The molecule has 122 valence electrons.